The Balaban J connectivity index is 1.69. The first kappa shape index (κ1) is 17.2. The van der Waals surface area contributed by atoms with E-state index in [1.807, 2.05) is 13.8 Å². The lowest BCUT2D eigenvalue weighted by Crippen LogP contribution is -2.63. The normalized spacial score (nSPS) is 28.0. The van der Waals surface area contributed by atoms with Crippen molar-refractivity contribution in [2.75, 3.05) is 45.9 Å². The van der Waals surface area contributed by atoms with E-state index in [2.05, 4.69) is 14.9 Å². The van der Waals surface area contributed by atoms with Crippen LogP contribution < -0.4 is 5.69 Å². The van der Waals surface area contributed by atoms with Crippen LogP contribution in [0.25, 0.3) is 0 Å². The minimum Gasteiger partial charge on any atom is -0.388 e. The van der Waals surface area contributed by atoms with Crippen molar-refractivity contribution >= 4 is 5.91 Å². The second-order valence-electron chi connectivity index (χ2n) is 7.44. The van der Waals surface area contributed by atoms with E-state index in [-0.39, 0.29) is 11.6 Å². The van der Waals surface area contributed by atoms with Gasteiger partial charge < -0.3 is 24.7 Å². The van der Waals surface area contributed by atoms with Gasteiger partial charge in [0, 0.05) is 44.3 Å². The van der Waals surface area contributed by atoms with Crippen LogP contribution in [0.2, 0.25) is 0 Å². The zero-order valence-corrected chi connectivity index (χ0v) is 14.3. The van der Waals surface area contributed by atoms with Crippen LogP contribution in [-0.2, 0) is 4.74 Å². The summed E-state index contributed by atoms with van der Waals surface area (Å²) in [6.45, 7) is 8.53. The molecule has 1 amide bonds. The predicted molar refractivity (Wildman–Crippen MR) is 87.9 cm³/mol. The number of aromatic nitrogens is 2. The molecule has 0 spiro atoms. The number of imidazole rings is 1. The molecule has 0 aromatic carbocycles. The van der Waals surface area contributed by atoms with E-state index in [1.165, 1.54) is 6.20 Å². The molecule has 2 aliphatic rings. The second-order valence-corrected chi connectivity index (χ2v) is 7.44. The third-order valence-corrected chi connectivity index (χ3v) is 5.34. The molecular weight excluding hydrogens is 312 g/mol. The van der Waals surface area contributed by atoms with E-state index >= 15 is 0 Å². The van der Waals surface area contributed by atoms with E-state index in [4.69, 9.17) is 4.74 Å². The maximum Gasteiger partial charge on any atom is 0.323 e. The Bertz CT molecular complexity index is 647. The molecule has 0 bridgehead atoms. The van der Waals surface area contributed by atoms with Crippen molar-refractivity contribution in [3.05, 3.63) is 22.4 Å². The van der Waals surface area contributed by atoms with Crippen molar-refractivity contribution in [3.8, 4) is 0 Å². The van der Waals surface area contributed by atoms with E-state index < -0.39 is 16.7 Å². The molecule has 0 saturated carbocycles. The number of hydrogen-bond acceptors (Lipinski definition) is 5. The Morgan fingerprint density at radius 3 is 2.62 bits per heavy atom. The number of H-pyrrole nitrogens is 2. The lowest BCUT2D eigenvalue weighted by molar-refractivity contribution is -0.133. The summed E-state index contributed by atoms with van der Waals surface area (Å²) in [5.41, 5.74) is -1.43. The number of amides is 1. The smallest absolute Gasteiger partial charge is 0.323 e. The molecule has 3 heterocycles. The van der Waals surface area contributed by atoms with Gasteiger partial charge in [-0.2, -0.15) is 0 Å². The van der Waals surface area contributed by atoms with E-state index in [0.717, 1.165) is 13.1 Å². The molecule has 2 aliphatic heterocycles. The van der Waals surface area contributed by atoms with Crippen LogP contribution in [0.4, 0.5) is 0 Å². The molecule has 1 aromatic rings. The molecule has 3 rings (SSSR count). The van der Waals surface area contributed by atoms with Crippen LogP contribution in [0.15, 0.2) is 11.0 Å². The molecule has 2 fully saturated rings. The fraction of sp³-hybridized carbons (Fsp3) is 0.750. The number of nitrogens with zero attached hydrogens (tertiary/aromatic N) is 2. The van der Waals surface area contributed by atoms with E-state index in [1.54, 1.807) is 4.90 Å². The first-order valence-corrected chi connectivity index (χ1v) is 8.40. The van der Waals surface area contributed by atoms with Gasteiger partial charge in [0.2, 0.25) is 0 Å². The van der Waals surface area contributed by atoms with Crippen molar-refractivity contribution in [1.29, 1.82) is 0 Å². The number of rotatable bonds is 3. The third-order valence-electron chi connectivity index (χ3n) is 5.34. The van der Waals surface area contributed by atoms with Crippen molar-refractivity contribution in [3.63, 3.8) is 0 Å². The monoisotopic (exact) mass is 338 g/mol. The number of β-amino-alcohol motifs (C(OH)–C–C–N with tert-alkyl or cyclic N) is 1. The lowest BCUT2D eigenvalue weighted by Gasteiger charge is -2.52. The summed E-state index contributed by atoms with van der Waals surface area (Å²) in [5.74, 6) is -0.213. The highest BCUT2D eigenvalue weighted by atomic mass is 16.5. The van der Waals surface area contributed by atoms with Crippen molar-refractivity contribution in [1.82, 2.24) is 19.8 Å². The first-order chi connectivity index (χ1) is 11.3. The summed E-state index contributed by atoms with van der Waals surface area (Å²) in [6.07, 6.45) is 1.91. The molecule has 8 heteroatoms. The van der Waals surface area contributed by atoms with Gasteiger partial charge in [-0.05, 0) is 6.42 Å². The number of nitrogens with one attached hydrogen (secondary N) is 2. The van der Waals surface area contributed by atoms with Crippen LogP contribution in [0.3, 0.4) is 0 Å². The SMILES string of the molecule is CC1(C)CN(C(=O)c2c[nH]c(=O)[nH]2)CC[C@]1(O)CN1CCOCC1. The molecule has 134 valence electrons. The summed E-state index contributed by atoms with van der Waals surface area (Å²) in [4.78, 5) is 32.6. The summed E-state index contributed by atoms with van der Waals surface area (Å²) >= 11 is 0. The van der Waals surface area contributed by atoms with E-state index in [0.29, 0.717) is 39.3 Å². The second kappa shape index (κ2) is 6.34. The molecule has 1 atom stereocenters. The van der Waals surface area contributed by atoms with Gasteiger partial charge in [-0.15, -0.1) is 0 Å². The molecule has 24 heavy (non-hydrogen) atoms. The highest BCUT2D eigenvalue weighted by Gasteiger charge is 2.49. The number of carbonyl (C=O) groups is 1. The van der Waals surface area contributed by atoms with Crippen molar-refractivity contribution in [2.45, 2.75) is 25.9 Å². The Hall–Kier alpha value is -1.64. The first-order valence-electron chi connectivity index (χ1n) is 8.40. The van der Waals surface area contributed by atoms with Crippen LogP contribution in [-0.4, -0.2) is 82.3 Å². The highest BCUT2D eigenvalue weighted by Crippen LogP contribution is 2.39. The van der Waals surface area contributed by atoms with Gasteiger partial charge in [0.05, 0.1) is 18.8 Å². The van der Waals surface area contributed by atoms with Gasteiger partial charge >= 0.3 is 5.69 Å². The zero-order chi connectivity index (χ0) is 17.4. The number of aliphatic hydroxyl groups is 1. The number of hydrogen-bond donors (Lipinski definition) is 3. The number of likely N-dealkylation sites (tertiary alicyclic amines) is 1. The van der Waals surface area contributed by atoms with Gasteiger partial charge in [0.15, 0.2) is 0 Å². The highest BCUT2D eigenvalue weighted by molar-refractivity contribution is 5.92. The zero-order valence-electron chi connectivity index (χ0n) is 14.3. The van der Waals surface area contributed by atoms with Gasteiger partial charge in [0.25, 0.3) is 5.91 Å². The Kier molecular flexibility index (Phi) is 4.54. The summed E-state index contributed by atoms with van der Waals surface area (Å²) in [5, 5.41) is 11.2. The fourth-order valence-corrected chi connectivity index (χ4v) is 3.58. The summed E-state index contributed by atoms with van der Waals surface area (Å²) in [7, 11) is 0. The van der Waals surface area contributed by atoms with Crippen molar-refractivity contribution in [2.24, 2.45) is 5.41 Å². The molecule has 3 N–H and O–H groups in total. The Morgan fingerprint density at radius 1 is 1.33 bits per heavy atom. The standard InChI is InChI=1S/C16H26N4O4/c1-15(2)10-20(13(21)12-9-17-14(22)18-12)4-3-16(15,23)11-19-5-7-24-8-6-19/h9,23H,3-8,10-11H2,1-2H3,(H2,17,18,22)/t16-/m0/s1. The molecule has 8 nitrogen and oxygen atoms in total. The third kappa shape index (κ3) is 3.26. The van der Waals surface area contributed by atoms with Crippen LogP contribution in [0.5, 0.6) is 0 Å². The van der Waals surface area contributed by atoms with Crippen molar-refractivity contribution < 1.29 is 14.6 Å². The minimum atomic E-state index is -0.854. The Morgan fingerprint density at radius 2 is 2.04 bits per heavy atom. The number of piperidine rings is 1. The lowest BCUT2D eigenvalue weighted by atomic mass is 9.69. The van der Waals surface area contributed by atoms with Crippen LogP contribution in [0.1, 0.15) is 30.8 Å². The van der Waals surface area contributed by atoms with Gasteiger partial charge in [-0.25, -0.2) is 4.79 Å². The molecule has 2 saturated heterocycles. The molecule has 1 aromatic heterocycles. The Labute approximate surface area is 140 Å². The number of ether oxygens (including phenoxy) is 1. The fourth-order valence-electron chi connectivity index (χ4n) is 3.58. The maximum absolute atomic E-state index is 12.5. The molecule has 0 radical (unpaired) electrons. The number of morpholine rings is 1. The predicted octanol–water partition coefficient (Wildman–Crippen LogP) is -0.362. The summed E-state index contributed by atoms with van der Waals surface area (Å²) in [6, 6.07) is 0. The van der Waals surface area contributed by atoms with Gasteiger partial charge in [-0.1, -0.05) is 13.8 Å². The number of aromatic amines is 2. The molecule has 0 aliphatic carbocycles. The number of carbonyl (C=O) groups excluding carboxylic acids is 1. The van der Waals surface area contributed by atoms with Gasteiger partial charge in [0.1, 0.15) is 5.69 Å². The quantitative estimate of drug-likeness (QED) is 0.698. The van der Waals surface area contributed by atoms with E-state index in [9.17, 15) is 14.7 Å². The molecular formula is C16H26N4O4. The average Bonchev–Trinajstić information content (AvgIpc) is 2.97. The largest absolute Gasteiger partial charge is 0.388 e. The minimum absolute atomic E-state index is 0.213. The maximum atomic E-state index is 12.5. The topological polar surface area (TPSA) is 102 Å². The van der Waals surface area contributed by atoms with Crippen LogP contribution >= 0.6 is 0 Å². The average molecular weight is 338 g/mol. The molecule has 0 unspecified atom stereocenters. The summed E-state index contributed by atoms with van der Waals surface area (Å²) < 4.78 is 5.37. The van der Waals surface area contributed by atoms with Gasteiger partial charge in [-0.3, -0.25) is 9.69 Å². The van der Waals surface area contributed by atoms with Crippen LogP contribution in [0, 0.1) is 5.41 Å².